The Morgan fingerprint density at radius 1 is 1.16 bits per heavy atom. The van der Waals surface area contributed by atoms with Gasteiger partial charge in [0.25, 0.3) is 11.5 Å². The number of aryl methyl sites for hydroxylation is 2. The first kappa shape index (κ1) is 15.5. The lowest BCUT2D eigenvalue weighted by Crippen LogP contribution is -1.97. The molecule has 9 heteroatoms. The topological polar surface area (TPSA) is 99.1 Å². The Bertz CT molecular complexity index is 1140. The summed E-state index contributed by atoms with van der Waals surface area (Å²) in [6.07, 6.45) is 3.12. The Labute approximate surface area is 146 Å². The molecule has 0 fully saturated rings. The van der Waals surface area contributed by atoms with Crippen LogP contribution in [0.5, 0.6) is 0 Å². The van der Waals surface area contributed by atoms with Gasteiger partial charge >= 0.3 is 0 Å². The van der Waals surface area contributed by atoms with E-state index in [4.69, 9.17) is 0 Å². The number of nitrogens with zero attached hydrogens (tertiary/aromatic N) is 6. The summed E-state index contributed by atoms with van der Waals surface area (Å²) in [6, 6.07) is 6.88. The number of hydrogen-bond acceptors (Lipinski definition) is 7. The summed E-state index contributed by atoms with van der Waals surface area (Å²) in [5.41, 5.74) is 1.85. The summed E-state index contributed by atoms with van der Waals surface area (Å²) in [5.74, 6) is 0.535. The summed E-state index contributed by atoms with van der Waals surface area (Å²) in [5, 5.41) is 17.4. The van der Waals surface area contributed by atoms with Gasteiger partial charge in [-0.05, 0) is 43.8 Å². The molecule has 0 saturated carbocycles. The Hall–Kier alpha value is -3.07. The lowest BCUT2D eigenvalue weighted by Gasteiger charge is -2.04. The van der Waals surface area contributed by atoms with Gasteiger partial charge in [-0.3, -0.25) is 15.1 Å². The van der Waals surface area contributed by atoms with Gasteiger partial charge in [0.15, 0.2) is 0 Å². The van der Waals surface area contributed by atoms with Crippen molar-refractivity contribution in [2.24, 2.45) is 0 Å². The van der Waals surface area contributed by atoms with E-state index < -0.39 is 4.92 Å². The number of non-ortho nitro benzene ring substituents is 1. The maximum Gasteiger partial charge on any atom is 0.278 e. The molecule has 25 heavy (non-hydrogen) atoms. The molecule has 4 aromatic rings. The van der Waals surface area contributed by atoms with Gasteiger partial charge in [-0.2, -0.15) is 4.98 Å². The molecule has 0 radical (unpaired) electrons. The molecule has 0 amide bonds. The molecule has 3 aromatic heterocycles. The largest absolute Gasteiger partial charge is 0.278 e. The summed E-state index contributed by atoms with van der Waals surface area (Å²) < 4.78 is 1.68. The lowest BCUT2D eigenvalue weighted by molar-refractivity contribution is -0.383. The second kappa shape index (κ2) is 5.78. The standard InChI is InChI=1S/C16H12N6O2S/c1-9-7-10(2)21-15(18-9)19-16(20-21)25-14-4-3-13(22(23)24)12-8-17-6-5-11(12)14/h3-8H,1-2H3. The van der Waals surface area contributed by atoms with Crippen molar-refractivity contribution in [3.63, 3.8) is 0 Å². The third-order valence-electron chi connectivity index (χ3n) is 3.75. The number of aromatic nitrogens is 5. The van der Waals surface area contributed by atoms with E-state index in [9.17, 15) is 10.1 Å². The van der Waals surface area contributed by atoms with Gasteiger partial charge in [-0.15, -0.1) is 5.10 Å². The molecule has 124 valence electrons. The minimum absolute atomic E-state index is 0.0311. The van der Waals surface area contributed by atoms with Crippen molar-refractivity contribution in [2.75, 3.05) is 0 Å². The van der Waals surface area contributed by atoms with Crippen LogP contribution in [0.4, 0.5) is 5.69 Å². The molecule has 0 bridgehead atoms. The SMILES string of the molecule is Cc1cc(C)n2nc(Sc3ccc([N+](=O)[O-])c4cnccc34)nc2n1. The summed E-state index contributed by atoms with van der Waals surface area (Å²) in [7, 11) is 0. The highest BCUT2D eigenvalue weighted by Crippen LogP contribution is 2.35. The van der Waals surface area contributed by atoms with E-state index in [2.05, 4.69) is 20.1 Å². The van der Waals surface area contributed by atoms with E-state index in [0.29, 0.717) is 16.3 Å². The highest BCUT2D eigenvalue weighted by atomic mass is 32.2. The Balaban J connectivity index is 1.83. The zero-order valence-corrected chi connectivity index (χ0v) is 14.2. The maximum atomic E-state index is 11.2. The number of nitro benzene ring substituents is 1. The first-order valence-corrected chi connectivity index (χ1v) is 8.24. The van der Waals surface area contributed by atoms with Crippen LogP contribution < -0.4 is 0 Å². The van der Waals surface area contributed by atoms with Gasteiger partial charge in [0.2, 0.25) is 5.16 Å². The van der Waals surface area contributed by atoms with Crippen LogP contribution in [0.25, 0.3) is 16.6 Å². The second-order valence-corrected chi connectivity index (χ2v) is 6.52. The Kier molecular flexibility index (Phi) is 3.57. The first-order chi connectivity index (χ1) is 12.0. The maximum absolute atomic E-state index is 11.2. The molecule has 0 aliphatic carbocycles. The van der Waals surface area contributed by atoms with E-state index >= 15 is 0 Å². The quantitative estimate of drug-likeness (QED) is 0.412. The minimum atomic E-state index is -0.405. The van der Waals surface area contributed by atoms with E-state index in [1.54, 1.807) is 22.8 Å². The monoisotopic (exact) mass is 352 g/mol. The van der Waals surface area contributed by atoms with Gasteiger partial charge in [-0.25, -0.2) is 9.50 Å². The highest BCUT2D eigenvalue weighted by molar-refractivity contribution is 7.99. The van der Waals surface area contributed by atoms with E-state index in [1.807, 2.05) is 19.9 Å². The van der Waals surface area contributed by atoms with Gasteiger partial charge in [0.05, 0.1) is 10.3 Å². The Morgan fingerprint density at radius 3 is 2.80 bits per heavy atom. The molecule has 3 heterocycles. The molecule has 0 spiro atoms. The van der Waals surface area contributed by atoms with Crippen LogP contribution in [-0.2, 0) is 0 Å². The van der Waals surface area contributed by atoms with Crippen molar-refractivity contribution in [3.8, 4) is 0 Å². The van der Waals surface area contributed by atoms with Crippen molar-refractivity contribution < 1.29 is 4.92 Å². The molecule has 4 rings (SSSR count). The molecule has 0 atom stereocenters. The predicted octanol–water partition coefficient (Wildman–Crippen LogP) is 3.35. The van der Waals surface area contributed by atoms with Crippen molar-refractivity contribution in [1.29, 1.82) is 0 Å². The average Bonchev–Trinajstić information content (AvgIpc) is 2.97. The van der Waals surface area contributed by atoms with Gasteiger partial charge in [-0.1, -0.05) is 0 Å². The van der Waals surface area contributed by atoms with Crippen molar-refractivity contribution >= 4 is 34.0 Å². The third kappa shape index (κ3) is 2.68. The van der Waals surface area contributed by atoms with Crippen molar-refractivity contribution in [2.45, 2.75) is 23.9 Å². The number of fused-ring (bicyclic) bond motifs is 2. The third-order valence-corrected chi connectivity index (χ3v) is 4.68. The normalized spacial score (nSPS) is 11.3. The highest BCUT2D eigenvalue weighted by Gasteiger charge is 2.17. The lowest BCUT2D eigenvalue weighted by atomic mass is 10.1. The predicted molar refractivity (Wildman–Crippen MR) is 92.8 cm³/mol. The number of nitro groups is 1. The molecule has 8 nitrogen and oxygen atoms in total. The van der Waals surface area contributed by atoms with Gasteiger partial charge in [0, 0.05) is 40.1 Å². The average molecular weight is 352 g/mol. The van der Waals surface area contributed by atoms with E-state index in [-0.39, 0.29) is 5.69 Å². The van der Waals surface area contributed by atoms with E-state index in [0.717, 1.165) is 21.7 Å². The fraction of sp³-hybridized carbons (Fsp3) is 0.125. The zero-order valence-electron chi connectivity index (χ0n) is 13.4. The number of rotatable bonds is 3. The number of benzene rings is 1. The number of hydrogen-bond donors (Lipinski definition) is 0. The fourth-order valence-electron chi connectivity index (χ4n) is 2.69. The number of pyridine rings is 1. The zero-order chi connectivity index (χ0) is 17.6. The summed E-state index contributed by atoms with van der Waals surface area (Å²) in [4.78, 5) is 24.5. The molecule has 0 N–H and O–H groups in total. The van der Waals surface area contributed by atoms with Gasteiger partial charge in [0.1, 0.15) is 0 Å². The van der Waals surface area contributed by atoms with Crippen LogP contribution in [-0.4, -0.2) is 29.5 Å². The molecule has 0 aliphatic rings. The molecular weight excluding hydrogens is 340 g/mol. The molecular formula is C16H12N6O2S. The fourth-order valence-corrected chi connectivity index (χ4v) is 3.56. The van der Waals surface area contributed by atoms with Crippen LogP contribution >= 0.6 is 11.8 Å². The van der Waals surface area contributed by atoms with Crippen molar-refractivity contribution in [3.05, 3.63) is 58.2 Å². The molecule has 0 unspecified atom stereocenters. The summed E-state index contributed by atoms with van der Waals surface area (Å²) >= 11 is 1.34. The molecule has 0 saturated heterocycles. The van der Waals surface area contributed by atoms with Crippen molar-refractivity contribution in [1.82, 2.24) is 24.6 Å². The van der Waals surface area contributed by atoms with Crippen LogP contribution in [0, 0.1) is 24.0 Å². The molecule has 1 aromatic carbocycles. The van der Waals surface area contributed by atoms with Crippen LogP contribution in [0.15, 0.2) is 46.7 Å². The second-order valence-electron chi connectivity index (χ2n) is 5.51. The van der Waals surface area contributed by atoms with Crippen LogP contribution in [0.2, 0.25) is 0 Å². The minimum Gasteiger partial charge on any atom is -0.264 e. The summed E-state index contributed by atoms with van der Waals surface area (Å²) in [6.45, 7) is 3.85. The Morgan fingerprint density at radius 2 is 2.00 bits per heavy atom. The smallest absolute Gasteiger partial charge is 0.264 e. The van der Waals surface area contributed by atoms with Crippen LogP contribution in [0.3, 0.4) is 0 Å². The first-order valence-electron chi connectivity index (χ1n) is 7.43. The van der Waals surface area contributed by atoms with Crippen LogP contribution in [0.1, 0.15) is 11.4 Å². The van der Waals surface area contributed by atoms with Gasteiger partial charge < -0.3 is 0 Å². The van der Waals surface area contributed by atoms with E-state index in [1.165, 1.54) is 24.0 Å². The molecule has 0 aliphatic heterocycles.